The fraction of sp³-hybridized carbons (Fsp3) is 0.267. The predicted molar refractivity (Wildman–Crippen MR) is 78.7 cm³/mol. The highest BCUT2D eigenvalue weighted by Crippen LogP contribution is 2.36. The monoisotopic (exact) mass is 303 g/mol. The number of hydrogen-bond acceptors (Lipinski definition) is 4. The van der Waals surface area contributed by atoms with Crippen LogP contribution in [0.3, 0.4) is 0 Å². The number of nitrogens with zero attached hydrogens (tertiary/aromatic N) is 2. The number of carbonyl (C=O) groups is 1. The Morgan fingerprint density at radius 2 is 2.24 bits per heavy atom. The molecule has 21 heavy (non-hydrogen) atoms. The van der Waals surface area contributed by atoms with Crippen molar-refractivity contribution in [2.45, 2.75) is 24.3 Å². The fourth-order valence-corrected chi connectivity index (χ4v) is 3.36. The topological polar surface area (TPSA) is 54.9 Å². The van der Waals surface area contributed by atoms with E-state index in [0.717, 1.165) is 28.3 Å². The Kier molecular flexibility index (Phi) is 3.88. The second-order valence-electron chi connectivity index (χ2n) is 4.89. The van der Waals surface area contributed by atoms with Crippen molar-refractivity contribution in [2.24, 2.45) is 0 Å². The van der Waals surface area contributed by atoms with Gasteiger partial charge in [-0.05, 0) is 37.1 Å². The Bertz CT molecular complexity index is 675. The number of aryl methyl sites for hydroxylation is 1. The quantitative estimate of drug-likeness (QED) is 0.927. The van der Waals surface area contributed by atoms with Crippen LogP contribution in [0.15, 0.2) is 35.5 Å². The number of rotatable bonds is 2. The molecule has 1 atom stereocenters. The first-order chi connectivity index (χ1) is 10.1. The molecular weight excluding hydrogens is 289 g/mol. The lowest BCUT2D eigenvalue weighted by Gasteiger charge is -2.25. The summed E-state index contributed by atoms with van der Waals surface area (Å²) in [4.78, 5) is 21.3. The van der Waals surface area contributed by atoms with E-state index >= 15 is 0 Å². The van der Waals surface area contributed by atoms with Crippen molar-refractivity contribution < 1.29 is 9.18 Å². The number of amides is 1. The minimum absolute atomic E-state index is 0.187. The molecule has 1 aromatic heterocycles. The van der Waals surface area contributed by atoms with Gasteiger partial charge in [-0.1, -0.05) is 0 Å². The van der Waals surface area contributed by atoms with Gasteiger partial charge < -0.3 is 5.32 Å². The first-order valence-electron chi connectivity index (χ1n) is 6.65. The SMILES string of the molecule is Cc1cnc(C(=O)N[C@H]2CCSc3ccc(F)cc32)cn1. The summed E-state index contributed by atoms with van der Waals surface area (Å²) >= 11 is 1.68. The van der Waals surface area contributed by atoms with E-state index in [1.807, 2.05) is 6.92 Å². The molecule has 4 nitrogen and oxygen atoms in total. The number of hydrogen-bond donors (Lipinski definition) is 1. The molecule has 1 aliphatic heterocycles. The van der Waals surface area contributed by atoms with Crippen molar-refractivity contribution in [1.82, 2.24) is 15.3 Å². The number of carbonyl (C=O) groups excluding carboxylic acids is 1. The summed E-state index contributed by atoms with van der Waals surface area (Å²) in [5.41, 5.74) is 1.87. The lowest BCUT2D eigenvalue weighted by molar-refractivity contribution is 0.0929. The Balaban J connectivity index is 1.81. The van der Waals surface area contributed by atoms with E-state index in [1.165, 1.54) is 18.3 Å². The average Bonchev–Trinajstić information content (AvgIpc) is 2.48. The molecule has 0 saturated carbocycles. The van der Waals surface area contributed by atoms with Crippen LogP contribution in [0.4, 0.5) is 4.39 Å². The van der Waals surface area contributed by atoms with Gasteiger partial charge in [-0.25, -0.2) is 9.37 Å². The van der Waals surface area contributed by atoms with Gasteiger partial charge in [-0.2, -0.15) is 0 Å². The highest BCUT2D eigenvalue weighted by molar-refractivity contribution is 7.99. The van der Waals surface area contributed by atoms with Gasteiger partial charge in [0.15, 0.2) is 0 Å². The summed E-state index contributed by atoms with van der Waals surface area (Å²) in [6.07, 6.45) is 3.78. The third-order valence-electron chi connectivity index (χ3n) is 3.33. The summed E-state index contributed by atoms with van der Waals surface area (Å²) in [5.74, 6) is 0.323. The Morgan fingerprint density at radius 1 is 1.38 bits per heavy atom. The second kappa shape index (κ2) is 5.81. The predicted octanol–water partition coefficient (Wildman–Crippen LogP) is 2.89. The Morgan fingerprint density at radius 3 is 3.00 bits per heavy atom. The van der Waals surface area contributed by atoms with Gasteiger partial charge in [0.05, 0.1) is 17.9 Å². The van der Waals surface area contributed by atoms with Crippen LogP contribution in [-0.4, -0.2) is 21.6 Å². The van der Waals surface area contributed by atoms with Gasteiger partial charge in [0, 0.05) is 16.8 Å². The summed E-state index contributed by atoms with van der Waals surface area (Å²) in [6, 6.07) is 4.52. The number of fused-ring (bicyclic) bond motifs is 1. The van der Waals surface area contributed by atoms with Crippen LogP contribution in [0.25, 0.3) is 0 Å². The van der Waals surface area contributed by atoms with Gasteiger partial charge in [0.2, 0.25) is 0 Å². The van der Waals surface area contributed by atoms with Crippen molar-refractivity contribution >= 4 is 17.7 Å². The van der Waals surface area contributed by atoms with E-state index in [4.69, 9.17) is 0 Å². The van der Waals surface area contributed by atoms with Crippen molar-refractivity contribution in [3.05, 3.63) is 53.4 Å². The standard InChI is InChI=1S/C15H14FN3OS/c1-9-7-18-13(8-17-9)15(20)19-12-4-5-21-14-3-2-10(16)6-11(12)14/h2-3,6-8,12H,4-5H2,1H3,(H,19,20)/t12-/m0/s1. The van der Waals surface area contributed by atoms with Crippen LogP contribution in [0.5, 0.6) is 0 Å². The molecule has 1 aromatic carbocycles. The zero-order valence-electron chi connectivity index (χ0n) is 11.5. The molecule has 2 heterocycles. The van der Waals surface area contributed by atoms with E-state index < -0.39 is 0 Å². The van der Waals surface area contributed by atoms with E-state index in [0.29, 0.717) is 0 Å². The molecule has 0 bridgehead atoms. The van der Waals surface area contributed by atoms with E-state index in [2.05, 4.69) is 15.3 Å². The minimum atomic E-state index is -0.286. The van der Waals surface area contributed by atoms with Gasteiger partial charge in [0.25, 0.3) is 5.91 Å². The highest BCUT2D eigenvalue weighted by Gasteiger charge is 2.23. The Hall–Kier alpha value is -1.95. The molecule has 0 spiro atoms. The molecule has 0 radical (unpaired) electrons. The van der Waals surface area contributed by atoms with Gasteiger partial charge >= 0.3 is 0 Å². The van der Waals surface area contributed by atoms with Crippen LogP contribution in [-0.2, 0) is 0 Å². The maximum Gasteiger partial charge on any atom is 0.271 e. The number of thioether (sulfide) groups is 1. The summed E-state index contributed by atoms with van der Waals surface area (Å²) in [6.45, 7) is 1.81. The molecule has 0 aliphatic carbocycles. The highest BCUT2D eigenvalue weighted by atomic mass is 32.2. The molecule has 0 unspecified atom stereocenters. The molecular formula is C15H14FN3OS. The lowest BCUT2D eigenvalue weighted by Crippen LogP contribution is -2.31. The third-order valence-corrected chi connectivity index (χ3v) is 4.45. The van der Waals surface area contributed by atoms with Gasteiger partial charge in [0.1, 0.15) is 11.5 Å². The van der Waals surface area contributed by atoms with Crippen molar-refractivity contribution in [3.8, 4) is 0 Å². The van der Waals surface area contributed by atoms with Gasteiger partial charge in [-0.15, -0.1) is 11.8 Å². The van der Waals surface area contributed by atoms with Crippen LogP contribution < -0.4 is 5.32 Å². The van der Waals surface area contributed by atoms with Crippen LogP contribution in [0.2, 0.25) is 0 Å². The summed E-state index contributed by atoms with van der Waals surface area (Å²) in [7, 11) is 0. The first-order valence-corrected chi connectivity index (χ1v) is 7.64. The third kappa shape index (κ3) is 3.05. The van der Waals surface area contributed by atoms with E-state index in [1.54, 1.807) is 24.0 Å². The summed E-state index contributed by atoms with van der Waals surface area (Å²) in [5, 5.41) is 2.92. The molecule has 0 fully saturated rings. The normalized spacial score (nSPS) is 17.1. The second-order valence-corrected chi connectivity index (χ2v) is 6.03. The fourth-order valence-electron chi connectivity index (χ4n) is 2.26. The Labute approximate surface area is 126 Å². The van der Waals surface area contributed by atoms with Crippen molar-refractivity contribution in [2.75, 3.05) is 5.75 Å². The number of halogens is 1. The first kappa shape index (κ1) is 14.0. The number of aromatic nitrogens is 2. The molecule has 6 heteroatoms. The van der Waals surface area contributed by atoms with Crippen molar-refractivity contribution in [3.63, 3.8) is 0 Å². The summed E-state index contributed by atoms with van der Waals surface area (Å²) < 4.78 is 13.4. The van der Waals surface area contributed by atoms with E-state index in [9.17, 15) is 9.18 Å². The molecule has 1 aliphatic rings. The maximum atomic E-state index is 13.4. The van der Waals surface area contributed by atoms with Crippen LogP contribution in [0.1, 0.15) is 34.2 Å². The smallest absolute Gasteiger partial charge is 0.271 e. The molecule has 3 rings (SSSR count). The zero-order chi connectivity index (χ0) is 14.8. The van der Waals surface area contributed by atoms with Crippen molar-refractivity contribution in [1.29, 1.82) is 0 Å². The molecule has 1 N–H and O–H groups in total. The molecule has 1 amide bonds. The number of benzene rings is 1. The molecule has 2 aromatic rings. The molecule has 108 valence electrons. The largest absolute Gasteiger partial charge is 0.344 e. The number of nitrogens with one attached hydrogen (secondary N) is 1. The van der Waals surface area contributed by atoms with Crippen LogP contribution >= 0.6 is 11.8 Å². The lowest BCUT2D eigenvalue weighted by atomic mass is 10.0. The zero-order valence-corrected chi connectivity index (χ0v) is 12.3. The van der Waals surface area contributed by atoms with E-state index in [-0.39, 0.29) is 23.5 Å². The maximum absolute atomic E-state index is 13.4. The molecule has 0 saturated heterocycles. The van der Waals surface area contributed by atoms with Gasteiger partial charge in [-0.3, -0.25) is 9.78 Å². The minimum Gasteiger partial charge on any atom is -0.344 e. The average molecular weight is 303 g/mol. The van der Waals surface area contributed by atoms with Crippen LogP contribution in [0, 0.1) is 12.7 Å².